The van der Waals surface area contributed by atoms with Crippen LogP contribution in [0.5, 0.6) is 0 Å². The van der Waals surface area contributed by atoms with Crippen molar-refractivity contribution in [1.29, 1.82) is 0 Å². The lowest BCUT2D eigenvalue weighted by Gasteiger charge is -2.19. The number of benzene rings is 2. The monoisotopic (exact) mass is 366 g/mol. The van der Waals surface area contributed by atoms with Crippen LogP contribution in [0, 0.1) is 0 Å². The van der Waals surface area contributed by atoms with Gasteiger partial charge >= 0.3 is 0 Å². The normalized spacial score (nSPS) is 14.8. The number of fused-ring (bicyclic) bond motifs is 4. The summed E-state index contributed by atoms with van der Waals surface area (Å²) in [5, 5.41) is 2.97. The fourth-order valence-corrected chi connectivity index (χ4v) is 5.02. The Kier molecular flexibility index (Phi) is 3.43. The van der Waals surface area contributed by atoms with Gasteiger partial charge in [0.1, 0.15) is 5.82 Å². The molecular weight excluding hydrogens is 352 g/mol. The summed E-state index contributed by atoms with van der Waals surface area (Å²) in [6, 6.07) is 13.5. The lowest BCUT2D eigenvalue weighted by molar-refractivity contribution is 0.949. The van der Waals surface area contributed by atoms with E-state index in [0.29, 0.717) is 10.4 Å². The number of hydrogen-bond donors (Lipinski definition) is 0. The summed E-state index contributed by atoms with van der Waals surface area (Å²) in [4.78, 5) is 20.6. The Morgan fingerprint density at radius 3 is 2.68 bits per heavy atom. The lowest BCUT2D eigenvalue weighted by atomic mass is 10.1. The number of hydrogen-bond acceptors (Lipinski definition) is 4. The van der Waals surface area contributed by atoms with Crippen LogP contribution in [0.15, 0.2) is 47.3 Å². The van der Waals surface area contributed by atoms with E-state index in [2.05, 4.69) is 4.90 Å². The van der Waals surface area contributed by atoms with E-state index in [1.807, 2.05) is 36.4 Å². The molecule has 0 spiro atoms. The first-order valence-electron chi connectivity index (χ1n) is 8.42. The second kappa shape index (κ2) is 5.68. The van der Waals surface area contributed by atoms with Crippen molar-refractivity contribution in [3.63, 3.8) is 0 Å². The van der Waals surface area contributed by atoms with Gasteiger partial charge in [0.2, 0.25) is 0 Å². The second-order valence-electron chi connectivity index (χ2n) is 6.42. The Balaban J connectivity index is 2.01. The zero-order valence-electron chi connectivity index (χ0n) is 13.5. The van der Waals surface area contributed by atoms with Crippen molar-refractivity contribution in [2.45, 2.75) is 12.8 Å². The molecule has 2 aromatic carbocycles. The van der Waals surface area contributed by atoms with Crippen molar-refractivity contribution in [1.82, 2.24) is 4.98 Å². The van der Waals surface area contributed by atoms with Crippen molar-refractivity contribution >= 4 is 59.8 Å². The summed E-state index contributed by atoms with van der Waals surface area (Å²) in [5.41, 5.74) is 0.924. The van der Waals surface area contributed by atoms with Crippen molar-refractivity contribution in [2.24, 2.45) is 0 Å². The third-order valence-corrected chi connectivity index (χ3v) is 6.26. The highest BCUT2D eigenvalue weighted by atomic mass is 35.5. The van der Waals surface area contributed by atoms with Crippen LogP contribution >= 0.6 is 22.9 Å². The Hall–Kier alpha value is -2.17. The van der Waals surface area contributed by atoms with Crippen LogP contribution in [0.2, 0.25) is 5.02 Å². The highest BCUT2D eigenvalue weighted by Crippen LogP contribution is 2.37. The third-order valence-electron chi connectivity index (χ3n) is 4.86. The summed E-state index contributed by atoms with van der Waals surface area (Å²) in [7, 11) is 0. The minimum absolute atomic E-state index is 0.0466. The lowest BCUT2D eigenvalue weighted by Crippen LogP contribution is -2.20. The van der Waals surface area contributed by atoms with Gasteiger partial charge in [-0.15, -0.1) is 11.3 Å². The zero-order valence-corrected chi connectivity index (χ0v) is 15.0. The molecule has 1 aliphatic rings. The molecule has 2 aromatic heterocycles. The molecule has 3 heterocycles. The Morgan fingerprint density at radius 1 is 1.04 bits per heavy atom. The van der Waals surface area contributed by atoms with Crippen LogP contribution in [0.25, 0.3) is 31.1 Å². The molecule has 0 atom stereocenters. The quantitative estimate of drug-likeness (QED) is 0.342. The molecule has 0 radical (unpaired) electrons. The number of nitrogens with zero attached hydrogens (tertiary/aromatic N) is 2. The predicted molar refractivity (Wildman–Crippen MR) is 107 cm³/mol. The van der Waals surface area contributed by atoms with Gasteiger partial charge < -0.3 is 4.90 Å². The first kappa shape index (κ1) is 15.1. The van der Waals surface area contributed by atoms with Crippen molar-refractivity contribution in [3.05, 3.63) is 57.7 Å². The van der Waals surface area contributed by atoms with Gasteiger partial charge in [0.25, 0.3) is 0 Å². The third kappa shape index (κ3) is 2.32. The topological polar surface area (TPSA) is 33.2 Å². The van der Waals surface area contributed by atoms with Crippen LogP contribution < -0.4 is 10.3 Å². The summed E-state index contributed by atoms with van der Waals surface area (Å²) < 4.78 is 1.94. The van der Waals surface area contributed by atoms with E-state index >= 15 is 0 Å². The standard InChI is InChI=1S/C20H15ClN2OS/c21-12-7-8-16-14(11-12)18(24)17-13-5-1-2-6-15(13)22-20(19(17)25-16)23-9-3-4-10-23/h1-2,5-8,11H,3-4,9-10H2. The van der Waals surface area contributed by atoms with Gasteiger partial charge in [-0.2, -0.15) is 0 Å². The Labute approximate surface area is 153 Å². The molecule has 3 nitrogen and oxygen atoms in total. The molecule has 1 saturated heterocycles. The molecule has 1 fully saturated rings. The maximum Gasteiger partial charge on any atom is 0.196 e. The average molecular weight is 367 g/mol. The number of halogens is 1. The predicted octanol–water partition coefficient (Wildman–Crippen LogP) is 5.22. The van der Waals surface area contributed by atoms with Crippen LogP contribution in [0.1, 0.15) is 12.8 Å². The molecule has 0 N–H and O–H groups in total. The molecule has 0 unspecified atom stereocenters. The first-order valence-corrected chi connectivity index (χ1v) is 9.61. The Bertz CT molecular complexity index is 1200. The molecule has 0 bridgehead atoms. The van der Waals surface area contributed by atoms with E-state index in [0.717, 1.165) is 44.6 Å². The molecule has 5 rings (SSSR count). The molecule has 1 aliphatic heterocycles. The molecule has 25 heavy (non-hydrogen) atoms. The summed E-state index contributed by atoms with van der Waals surface area (Å²) in [6.45, 7) is 2.00. The van der Waals surface area contributed by atoms with E-state index < -0.39 is 0 Å². The van der Waals surface area contributed by atoms with Crippen molar-refractivity contribution < 1.29 is 0 Å². The molecule has 5 heteroatoms. The number of pyridine rings is 1. The second-order valence-corrected chi connectivity index (χ2v) is 7.91. The highest BCUT2D eigenvalue weighted by molar-refractivity contribution is 7.25. The fourth-order valence-electron chi connectivity index (χ4n) is 3.66. The van der Waals surface area contributed by atoms with E-state index in [9.17, 15) is 4.79 Å². The van der Waals surface area contributed by atoms with Crippen LogP contribution in [0.3, 0.4) is 0 Å². The number of rotatable bonds is 1. The number of aromatic nitrogens is 1. The molecular formula is C20H15ClN2OS. The minimum Gasteiger partial charge on any atom is -0.355 e. The minimum atomic E-state index is 0.0466. The van der Waals surface area contributed by atoms with E-state index in [-0.39, 0.29) is 5.43 Å². The van der Waals surface area contributed by atoms with Crippen LogP contribution in [-0.2, 0) is 0 Å². The highest BCUT2D eigenvalue weighted by Gasteiger charge is 2.21. The number of para-hydroxylation sites is 1. The van der Waals surface area contributed by atoms with E-state index in [1.165, 1.54) is 12.8 Å². The molecule has 0 aliphatic carbocycles. The molecule has 4 aromatic rings. The maximum absolute atomic E-state index is 13.3. The van der Waals surface area contributed by atoms with E-state index in [4.69, 9.17) is 16.6 Å². The SMILES string of the molecule is O=c1c2cc(Cl)ccc2sc2c(N3CCCC3)nc3ccccc3c12. The maximum atomic E-state index is 13.3. The Morgan fingerprint density at radius 2 is 1.84 bits per heavy atom. The molecule has 0 saturated carbocycles. The van der Waals surface area contributed by atoms with Gasteiger partial charge in [-0.1, -0.05) is 29.8 Å². The summed E-state index contributed by atoms with van der Waals surface area (Å²) in [6.07, 6.45) is 2.35. The first-order chi connectivity index (χ1) is 12.2. The van der Waals surface area contributed by atoms with Crippen molar-refractivity contribution in [3.8, 4) is 0 Å². The van der Waals surface area contributed by atoms with Gasteiger partial charge in [-0.05, 0) is 37.1 Å². The van der Waals surface area contributed by atoms with Gasteiger partial charge in [-0.3, -0.25) is 4.79 Å². The molecule has 124 valence electrons. The van der Waals surface area contributed by atoms with Gasteiger partial charge in [0, 0.05) is 33.6 Å². The molecule has 0 amide bonds. The van der Waals surface area contributed by atoms with Crippen LogP contribution in [0.4, 0.5) is 5.82 Å². The summed E-state index contributed by atoms with van der Waals surface area (Å²) in [5.74, 6) is 0.949. The average Bonchev–Trinajstić information content (AvgIpc) is 3.16. The smallest absolute Gasteiger partial charge is 0.196 e. The van der Waals surface area contributed by atoms with Gasteiger partial charge in [-0.25, -0.2) is 4.98 Å². The van der Waals surface area contributed by atoms with E-state index in [1.54, 1.807) is 17.4 Å². The zero-order chi connectivity index (χ0) is 17.0. The largest absolute Gasteiger partial charge is 0.355 e. The fraction of sp³-hybridized carbons (Fsp3) is 0.200. The van der Waals surface area contributed by atoms with Gasteiger partial charge in [0.05, 0.1) is 15.6 Å². The summed E-state index contributed by atoms with van der Waals surface area (Å²) >= 11 is 7.78. The van der Waals surface area contributed by atoms with Crippen molar-refractivity contribution in [2.75, 3.05) is 18.0 Å². The number of anilines is 1. The van der Waals surface area contributed by atoms with Gasteiger partial charge in [0.15, 0.2) is 5.43 Å². The van der Waals surface area contributed by atoms with Crippen LogP contribution in [-0.4, -0.2) is 18.1 Å².